The van der Waals surface area contributed by atoms with Crippen LogP contribution >= 0.6 is 0 Å². The molecule has 54 valence electrons. The van der Waals surface area contributed by atoms with Crippen LogP contribution in [0.5, 0.6) is 0 Å². The minimum Gasteiger partial charge on any atom is -0.479 e. The molecule has 0 saturated heterocycles. The normalized spacial score (nSPS) is 16.8. The van der Waals surface area contributed by atoms with E-state index in [-0.39, 0.29) is 6.42 Å². The number of rotatable bonds is 3. The zero-order valence-electron chi connectivity index (χ0n) is 5.11. The van der Waals surface area contributed by atoms with E-state index in [9.17, 15) is 4.79 Å². The van der Waals surface area contributed by atoms with Crippen LogP contribution in [0.25, 0.3) is 0 Å². The highest BCUT2D eigenvalue weighted by atomic mass is 16.4. The lowest BCUT2D eigenvalue weighted by Crippen LogP contribution is -2.32. The molecular weight excluding hydrogens is 124 g/mol. The summed E-state index contributed by atoms with van der Waals surface area (Å²) < 4.78 is 0. The second-order valence-corrected chi connectivity index (χ2v) is 1.76. The van der Waals surface area contributed by atoms with Crippen molar-refractivity contribution in [3.05, 3.63) is 0 Å². The molecule has 9 heavy (non-hydrogen) atoms. The SMILES string of the molecule is CC[C@H](O)[C@H](O)C(=O)O. The minimum absolute atomic E-state index is 0.244. The maximum atomic E-state index is 9.89. The van der Waals surface area contributed by atoms with Crippen LogP contribution in [0.3, 0.4) is 0 Å². The topological polar surface area (TPSA) is 77.8 Å². The van der Waals surface area contributed by atoms with Crippen molar-refractivity contribution in [1.82, 2.24) is 0 Å². The van der Waals surface area contributed by atoms with Crippen molar-refractivity contribution in [3.8, 4) is 0 Å². The van der Waals surface area contributed by atoms with Gasteiger partial charge in [0.2, 0.25) is 0 Å². The number of aliphatic hydroxyl groups excluding tert-OH is 2. The molecule has 0 aromatic carbocycles. The summed E-state index contributed by atoms with van der Waals surface area (Å²) in [4.78, 5) is 9.89. The Morgan fingerprint density at radius 2 is 2.00 bits per heavy atom. The summed E-state index contributed by atoms with van der Waals surface area (Å²) in [7, 11) is 0. The van der Waals surface area contributed by atoms with Crippen LogP contribution in [0.15, 0.2) is 0 Å². The number of carbonyl (C=O) groups is 1. The molecule has 0 aromatic heterocycles. The molecule has 0 aromatic rings. The first-order valence-corrected chi connectivity index (χ1v) is 2.68. The largest absolute Gasteiger partial charge is 0.479 e. The van der Waals surface area contributed by atoms with Gasteiger partial charge in [0, 0.05) is 0 Å². The Morgan fingerprint density at radius 3 is 2.11 bits per heavy atom. The number of aliphatic carboxylic acids is 1. The highest BCUT2D eigenvalue weighted by Gasteiger charge is 2.20. The van der Waals surface area contributed by atoms with E-state index in [4.69, 9.17) is 15.3 Å². The van der Waals surface area contributed by atoms with Gasteiger partial charge in [-0.3, -0.25) is 0 Å². The van der Waals surface area contributed by atoms with Gasteiger partial charge in [0.1, 0.15) is 0 Å². The van der Waals surface area contributed by atoms with E-state index in [0.29, 0.717) is 0 Å². The number of aliphatic hydroxyl groups is 2. The molecule has 0 amide bonds. The number of carboxylic acids is 1. The first kappa shape index (κ1) is 8.39. The van der Waals surface area contributed by atoms with Crippen molar-refractivity contribution in [1.29, 1.82) is 0 Å². The van der Waals surface area contributed by atoms with Gasteiger partial charge < -0.3 is 15.3 Å². The van der Waals surface area contributed by atoms with Crippen molar-refractivity contribution in [3.63, 3.8) is 0 Å². The van der Waals surface area contributed by atoms with Crippen molar-refractivity contribution in [2.75, 3.05) is 0 Å². The quantitative estimate of drug-likeness (QED) is 0.472. The molecule has 4 nitrogen and oxygen atoms in total. The number of hydrogen-bond donors (Lipinski definition) is 3. The second-order valence-electron chi connectivity index (χ2n) is 1.76. The van der Waals surface area contributed by atoms with Gasteiger partial charge in [-0.05, 0) is 6.42 Å². The van der Waals surface area contributed by atoms with Gasteiger partial charge >= 0.3 is 5.97 Å². The molecule has 0 aliphatic rings. The number of carboxylic acid groups (broad SMARTS) is 1. The van der Waals surface area contributed by atoms with Crippen LogP contribution in [0.2, 0.25) is 0 Å². The molecule has 2 atom stereocenters. The summed E-state index contributed by atoms with van der Waals surface area (Å²) in [5, 5.41) is 25.3. The Morgan fingerprint density at radius 1 is 1.56 bits per heavy atom. The van der Waals surface area contributed by atoms with E-state index >= 15 is 0 Å². The fourth-order valence-electron chi connectivity index (χ4n) is 0.388. The Kier molecular flexibility index (Phi) is 3.19. The monoisotopic (exact) mass is 134 g/mol. The zero-order valence-corrected chi connectivity index (χ0v) is 5.11. The summed E-state index contributed by atoms with van der Waals surface area (Å²) >= 11 is 0. The van der Waals surface area contributed by atoms with Crippen molar-refractivity contribution in [2.45, 2.75) is 25.6 Å². The molecule has 0 saturated carbocycles. The van der Waals surface area contributed by atoms with Crippen LogP contribution in [-0.2, 0) is 4.79 Å². The Labute approximate surface area is 52.7 Å². The molecular formula is C5H10O4. The Hall–Kier alpha value is -0.610. The van der Waals surface area contributed by atoms with Gasteiger partial charge in [-0.25, -0.2) is 4.79 Å². The predicted molar refractivity (Wildman–Crippen MR) is 29.9 cm³/mol. The van der Waals surface area contributed by atoms with Crippen LogP contribution < -0.4 is 0 Å². The first-order chi connectivity index (χ1) is 4.09. The third-order valence-electron chi connectivity index (χ3n) is 1.04. The van der Waals surface area contributed by atoms with Crippen LogP contribution in [0.4, 0.5) is 0 Å². The lowest BCUT2D eigenvalue weighted by molar-refractivity contribution is -0.152. The highest BCUT2D eigenvalue weighted by molar-refractivity contribution is 5.72. The summed E-state index contributed by atoms with van der Waals surface area (Å²) in [6.07, 6.45) is -2.55. The van der Waals surface area contributed by atoms with Crippen LogP contribution in [0, 0.1) is 0 Å². The van der Waals surface area contributed by atoms with Gasteiger partial charge in [0.05, 0.1) is 6.10 Å². The standard InChI is InChI=1S/C5H10O4/c1-2-3(6)4(7)5(8)9/h3-4,6-7H,2H2,1H3,(H,8,9)/t3-,4-/m0/s1. The summed E-state index contributed by atoms with van der Waals surface area (Å²) in [5.41, 5.74) is 0. The van der Waals surface area contributed by atoms with Crippen molar-refractivity contribution >= 4 is 5.97 Å². The summed E-state index contributed by atoms with van der Waals surface area (Å²) in [6.45, 7) is 1.59. The molecule has 0 fully saturated rings. The predicted octanol–water partition coefficient (Wildman–Crippen LogP) is -0.797. The van der Waals surface area contributed by atoms with Crippen molar-refractivity contribution < 1.29 is 20.1 Å². The van der Waals surface area contributed by atoms with E-state index in [2.05, 4.69) is 0 Å². The third-order valence-corrected chi connectivity index (χ3v) is 1.04. The fourth-order valence-corrected chi connectivity index (χ4v) is 0.388. The van der Waals surface area contributed by atoms with Gasteiger partial charge in [-0.2, -0.15) is 0 Å². The van der Waals surface area contributed by atoms with E-state index in [1.54, 1.807) is 6.92 Å². The minimum atomic E-state index is -1.64. The zero-order chi connectivity index (χ0) is 7.44. The molecule has 0 unspecified atom stereocenters. The van der Waals surface area contributed by atoms with Crippen molar-refractivity contribution in [2.24, 2.45) is 0 Å². The second kappa shape index (κ2) is 3.42. The molecule has 0 bridgehead atoms. The van der Waals surface area contributed by atoms with E-state index < -0.39 is 18.2 Å². The molecule has 3 N–H and O–H groups in total. The number of hydrogen-bond acceptors (Lipinski definition) is 3. The molecule has 0 rings (SSSR count). The first-order valence-electron chi connectivity index (χ1n) is 2.68. The maximum Gasteiger partial charge on any atom is 0.335 e. The van der Waals surface area contributed by atoms with Crippen LogP contribution in [0.1, 0.15) is 13.3 Å². The molecule has 0 spiro atoms. The molecule has 4 heteroatoms. The molecule has 0 radical (unpaired) electrons. The highest BCUT2D eigenvalue weighted by Crippen LogP contribution is 1.96. The fraction of sp³-hybridized carbons (Fsp3) is 0.800. The van der Waals surface area contributed by atoms with Gasteiger partial charge in [-0.15, -0.1) is 0 Å². The molecule has 0 aliphatic heterocycles. The Bertz CT molecular complexity index is 101. The summed E-state index contributed by atoms with van der Waals surface area (Å²) in [6, 6.07) is 0. The molecule has 0 aliphatic carbocycles. The van der Waals surface area contributed by atoms with E-state index in [1.807, 2.05) is 0 Å². The summed E-state index contributed by atoms with van der Waals surface area (Å²) in [5.74, 6) is -1.38. The van der Waals surface area contributed by atoms with Gasteiger partial charge in [-0.1, -0.05) is 6.92 Å². The van der Waals surface area contributed by atoms with E-state index in [0.717, 1.165) is 0 Å². The average molecular weight is 134 g/mol. The average Bonchev–Trinajstić information content (AvgIpc) is 1.84. The van der Waals surface area contributed by atoms with Gasteiger partial charge in [0.15, 0.2) is 6.10 Å². The third kappa shape index (κ3) is 2.43. The van der Waals surface area contributed by atoms with Gasteiger partial charge in [0.25, 0.3) is 0 Å². The smallest absolute Gasteiger partial charge is 0.335 e. The maximum absolute atomic E-state index is 9.89. The van der Waals surface area contributed by atoms with Crippen LogP contribution in [-0.4, -0.2) is 33.5 Å². The lowest BCUT2D eigenvalue weighted by atomic mass is 10.2. The van der Waals surface area contributed by atoms with E-state index in [1.165, 1.54) is 0 Å². The Balaban J connectivity index is 3.72. The lowest BCUT2D eigenvalue weighted by Gasteiger charge is -2.09. The molecule has 0 heterocycles.